The molecule has 28 heteroatoms. The van der Waals surface area contributed by atoms with Gasteiger partial charge in [0.25, 0.3) is 0 Å². The lowest BCUT2D eigenvalue weighted by molar-refractivity contribution is -0.184. The summed E-state index contributed by atoms with van der Waals surface area (Å²) in [5.74, 6) is -20.0. The van der Waals surface area contributed by atoms with Crippen molar-refractivity contribution in [1.29, 1.82) is 0 Å². The van der Waals surface area contributed by atoms with Crippen molar-refractivity contribution in [2.24, 2.45) is 0 Å². The normalized spacial score (nSPS) is 9.88. The Morgan fingerprint density at radius 1 is 0.467 bits per heavy atom. The van der Waals surface area contributed by atoms with Gasteiger partial charge in [-0.3, -0.25) is 24.0 Å². The molecular formula is C32H36O28. The Kier molecular flexibility index (Phi) is 30.8. The highest BCUT2D eigenvalue weighted by Crippen LogP contribution is 2.24. The molecular weight excluding hydrogens is 832 g/mol. The van der Waals surface area contributed by atoms with Crippen LogP contribution in [-0.4, -0.2) is 156 Å². The number of aliphatic carboxylic acids is 12. The summed E-state index contributed by atoms with van der Waals surface area (Å²) in [7, 11) is 0. The maximum atomic E-state index is 11.3. The van der Waals surface area contributed by atoms with E-state index in [-0.39, 0.29) is 11.1 Å². The molecule has 0 rings (SSSR count). The monoisotopic (exact) mass is 868 g/mol. The van der Waals surface area contributed by atoms with Gasteiger partial charge in [-0.05, 0) is 6.92 Å². The molecule has 60 heavy (non-hydrogen) atoms. The zero-order valence-electron chi connectivity index (χ0n) is 30.4. The molecule has 0 aromatic carbocycles. The summed E-state index contributed by atoms with van der Waals surface area (Å²) in [6, 6.07) is 0. The molecule has 0 atom stereocenters. The van der Waals surface area contributed by atoms with Gasteiger partial charge in [0.15, 0.2) is 0 Å². The number of hydrogen-bond acceptors (Lipinski definition) is 16. The van der Waals surface area contributed by atoms with E-state index in [2.05, 4.69) is 29.2 Å². The van der Waals surface area contributed by atoms with Crippen molar-refractivity contribution >= 4 is 83.6 Å². The van der Waals surface area contributed by atoms with E-state index in [4.69, 9.17) is 61.3 Å². The molecule has 0 amide bonds. The molecule has 0 aromatic heterocycles. The highest BCUT2D eigenvalue weighted by molar-refractivity contribution is 5.95. The number of carbonyl (C=O) groups excluding carboxylic acids is 2. The van der Waals surface area contributed by atoms with Crippen LogP contribution in [-0.2, 0) is 76.6 Å². The first kappa shape index (κ1) is 60.5. The summed E-state index contributed by atoms with van der Waals surface area (Å²) in [5, 5.41) is 99.3. The summed E-state index contributed by atoms with van der Waals surface area (Å²) < 4.78 is 8.84. The Hall–Kier alpha value is -8.72. The lowest BCUT2D eigenvalue weighted by Crippen LogP contribution is -2.47. The van der Waals surface area contributed by atoms with Crippen LogP contribution < -0.4 is 0 Å². The molecule has 0 fully saturated rings. The van der Waals surface area contributed by atoms with Crippen molar-refractivity contribution in [3.05, 3.63) is 61.3 Å². The Bertz CT molecular complexity index is 1680. The minimum Gasteiger partial charge on any atom is -0.481 e. The molecule has 0 unspecified atom stereocenters. The van der Waals surface area contributed by atoms with Crippen molar-refractivity contribution in [2.75, 3.05) is 0 Å². The number of hydrogen-bond donors (Lipinski definition) is 12. The smallest absolute Gasteiger partial charge is 0.349 e. The van der Waals surface area contributed by atoms with E-state index < -0.39 is 127 Å². The second kappa shape index (κ2) is 30.5. The van der Waals surface area contributed by atoms with Crippen molar-refractivity contribution in [2.45, 2.75) is 50.2 Å². The van der Waals surface area contributed by atoms with Gasteiger partial charge in [0, 0.05) is 41.5 Å². The summed E-state index contributed by atoms with van der Waals surface area (Å²) in [5.41, 5.74) is -5.75. The topological polar surface area (TPSA) is 500 Å². The molecule has 0 aromatic rings. The summed E-state index contributed by atoms with van der Waals surface area (Å²) in [6.07, 6.45) is -2.30. The Labute approximate surface area is 333 Å². The zero-order valence-corrected chi connectivity index (χ0v) is 30.4. The summed E-state index contributed by atoms with van der Waals surface area (Å²) in [4.78, 5) is 144. The van der Waals surface area contributed by atoms with Gasteiger partial charge in [-0.25, -0.2) is 43.2 Å². The van der Waals surface area contributed by atoms with Crippen LogP contribution in [0, 0.1) is 0 Å². The molecule has 0 heterocycles. The molecule has 12 N–H and O–H groups in total. The third-order valence-electron chi connectivity index (χ3n) is 5.03. The van der Waals surface area contributed by atoms with Gasteiger partial charge in [0.2, 0.25) is 11.2 Å². The molecule has 0 spiro atoms. The average Bonchev–Trinajstić information content (AvgIpc) is 3.05. The zero-order chi connectivity index (χ0) is 48.7. The predicted molar refractivity (Wildman–Crippen MR) is 185 cm³/mol. The molecule has 0 saturated carbocycles. The van der Waals surface area contributed by atoms with Crippen molar-refractivity contribution < 1.29 is 138 Å². The van der Waals surface area contributed by atoms with Gasteiger partial charge in [0.1, 0.15) is 0 Å². The van der Waals surface area contributed by atoms with Crippen LogP contribution in [0.4, 0.5) is 0 Å². The van der Waals surface area contributed by atoms with E-state index >= 15 is 0 Å². The van der Waals surface area contributed by atoms with Gasteiger partial charge in [-0.15, -0.1) is 0 Å². The van der Waals surface area contributed by atoms with Gasteiger partial charge < -0.3 is 70.8 Å². The number of carboxylic acids is 12. The van der Waals surface area contributed by atoms with Crippen LogP contribution >= 0.6 is 0 Å². The first-order valence-corrected chi connectivity index (χ1v) is 14.6. The second-order valence-electron chi connectivity index (χ2n) is 10.2. The fourth-order valence-corrected chi connectivity index (χ4v) is 2.68. The van der Waals surface area contributed by atoms with Gasteiger partial charge in [0.05, 0.1) is 32.1 Å². The first-order valence-electron chi connectivity index (χ1n) is 14.6. The average molecular weight is 869 g/mol. The van der Waals surface area contributed by atoms with E-state index in [0.717, 1.165) is 0 Å². The minimum atomic E-state index is -2.65. The standard InChI is InChI=1S/C10H12O8.C9H10O8.C5H6O4.2C4H4O4/c1-5(2)8(15)18-10(9(16)17,3-6(11)12)4-7(13)14;1-2-7(14)17-9(8(15)16,3-5(10)11)4-6(12)13;1-3(5(8)9)2-4(6)7;2*5-3(6)1-2-4(7)8/h1,3-4H2,2H3,(H,11,12)(H,13,14)(H,16,17);2H,1,3-4H2,(H,10,11)(H,12,13)(H,15,16);1-2H2,(H,6,7)(H,8,9);2*1-2H,(H,5,6)(H,7,8)/b;;;2-1+;2-1-. The number of ether oxygens (including phenoxy) is 2. The van der Waals surface area contributed by atoms with Gasteiger partial charge in [-0.2, -0.15) is 0 Å². The number of esters is 2. The molecule has 0 aliphatic heterocycles. The highest BCUT2D eigenvalue weighted by atomic mass is 16.6. The van der Waals surface area contributed by atoms with Gasteiger partial charge in [-0.1, -0.05) is 19.7 Å². The third kappa shape index (κ3) is 35.0. The lowest BCUT2D eigenvalue weighted by atomic mass is 9.95. The molecule has 0 bridgehead atoms. The van der Waals surface area contributed by atoms with Crippen LogP contribution in [0.5, 0.6) is 0 Å². The van der Waals surface area contributed by atoms with Crippen LogP contribution in [0.25, 0.3) is 0 Å². The molecule has 0 saturated heterocycles. The van der Waals surface area contributed by atoms with Crippen molar-refractivity contribution in [3.8, 4) is 0 Å². The van der Waals surface area contributed by atoms with E-state index in [1.807, 2.05) is 0 Å². The number of carboxylic acid groups (broad SMARTS) is 12. The minimum absolute atomic E-state index is 0.170. The molecule has 28 nitrogen and oxygen atoms in total. The van der Waals surface area contributed by atoms with E-state index in [9.17, 15) is 67.1 Å². The van der Waals surface area contributed by atoms with Crippen LogP contribution in [0.3, 0.4) is 0 Å². The number of rotatable bonds is 21. The van der Waals surface area contributed by atoms with E-state index in [1.165, 1.54) is 6.92 Å². The molecule has 0 aliphatic carbocycles. The highest BCUT2D eigenvalue weighted by Gasteiger charge is 2.48. The Morgan fingerprint density at radius 2 is 0.733 bits per heavy atom. The molecule has 0 radical (unpaired) electrons. The SMILES string of the molecule is C=C(C)C(=O)OC(CC(=O)O)(CC(=O)O)C(=O)O.C=C(CC(=O)O)C(=O)O.C=CC(=O)OC(CC(=O)O)(CC(=O)O)C(=O)O.O=C(O)/C=C/C(=O)O.O=C(O)/C=C\C(=O)O. The fourth-order valence-electron chi connectivity index (χ4n) is 2.68. The quantitative estimate of drug-likeness (QED) is 0.0481. The van der Waals surface area contributed by atoms with E-state index in [1.54, 1.807) is 0 Å². The van der Waals surface area contributed by atoms with Crippen LogP contribution in [0.15, 0.2) is 61.3 Å². The summed E-state index contributed by atoms with van der Waals surface area (Å²) in [6.45, 7) is 10.4. The van der Waals surface area contributed by atoms with Crippen molar-refractivity contribution in [1.82, 2.24) is 0 Å². The summed E-state index contributed by atoms with van der Waals surface area (Å²) >= 11 is 0. The predicted octanol–water partition coefficient (Wildman–Crippen LogP) is -1.11. The number of carbonyl (C=O) groups is 14. The third-order valence-corrected chi connectivity index (χ3v) is 5.03. The van der Waals surface area contributed by atoms with Gasteiger partial charge >= 0.3 is 83.6 Å². The Balaban J connectivity index is -0.000000221. The fraction of sp³-hybridized carbons (Fsp3) is 0.250. The van der Waals surface area contributed by atoms with Crippen LogP contribution in [0.2, 0.25) is 0 Å². The second-order valence-corrected chi connectivity index (χ2v) is 10.2. The maximum Gasteiger partial charge on any atom is 0.349 e. The Morgan fingerprint density at radius 3 is 0.883 bits per heavy atom. The maximum absolute atomic E-state index is 11.3. The molecule has 0 aliphatic rings. The molecule has 332 valence electrons. The van der Waals surface area contributed by atoms with Crippen molar-refractivity contribution in [3.63, 3.8) is 0 Å². The lowest BCUT2D eigenvalue weighted by Gasteiger charge is -2.26. The van der Waals surface area contributed by atoms with E-state index in [0.29, 0.717) is 30.4 Å². The largest absolute Gasteiger partial charge is 0.481 e. The van der Waals surface area contributed by atoms with Crippen LogP contribution in [0.1, 0.15) is 39.0 Å². The first-order chi connectivity index (χ1) is 27.1.